The first-order chi connectivity index (χ1) is 9.22. The fourth-order valence-electron chi connectivity index (χ4n) is 2.15. The minimum atomic E-state index is 0.252. The Labute approximate surface area is 114 Å². The van der Waals surface area contributed by atoms with Gasteiger partial charge in [0.15, 0.2) is 0 Å². The zero-order valence-electron chi connectivity index (χ0n) is 11.4. The quantitative estimate of drug-likeness (QED) is 0.899. The number of nitrogens with zero attached hydrogens (tertiary/aromatic N) is 2. The molecule has 1 N–H and O–H groups in total. The van der Waals surface area contributed by atoms with Crippen LogP contribution < -0.4 is 5.32 Å². The Kier molecular flexibility index (Phi) is 3.20. The van der Waals surface area contributed by atoms with Crippen LogP contribution >= 0.6 is 0 Å². The number of benzene rings is 1. The van der Waals surface area contributed by atoms with E-state index < -0.39 is 0 Å². The van der Waals surface area contributed by atoms with Crippen LogP contribution in [0.5, 0.6) is 0 Å². The molecule has 1 aliphatic rings. The molecule has 19 heavy (non-hydrogen) atoms. The van der Waals surface area contributed by atoms with Gasteiger partial charge in [-0.1, -0.05) is 29.8 Å². The van der Waals surface area contributed by atoms with Crippen molar-refractivity contribution in [1.82, 2.24) is 9.97 Å². The first kappa shape index (κ1) is 12.2. The van der Waals surface area contributed by atoms with E-state index >= 15 is 0 Å². The Morgan fingerprint density at radius 2 is 1.89 bits per heavy atom. The third-order valence-electron chi connectivity index (χ3n) is 3.56. The van der Waals surface area contributed by atoms with Crippen LogP contribution in [0.3, 0.4) is 0 Å². The van der Waals surface area contributed by atoms with E-state index in [2.05, 4.69) is 53.4 Å². The third-order valence-corrected chi connectivity index (χ3v) is 3.56. The molecular weight excluding hydrogens is 234 g/mol. The summed E-state index contributed by atoms with van der Waals surface area (Å²) in [5, 5.41) is 3.45. The maximum atomic E-state index is 4.60. The summed E-state index contributed by atoms with van der Waals surface area (Å²) in [5.41, 5.74) is 2.56. The van der Waals surface area contributed by atoms with E-state index in [4.69, 9.17) is 0 Å². The smallest absolute Gasteiger partial charge is 0.133 e. The molecule has 98 valence electrons. The number of rotatable bonds is 4. The normalized spacial score (nSPS) is 16.1. The van der Waals surface area contributed by atoms with Crippen LogP contribution in [-0.2, 0) is 0 Å². The lowest BCUT2D eigenvalue weighted by molar-refractivity contribution is 0.853. The topological polar surface area (TPSA) is 37.8 Å². The fourth-order valence-corrected chi connectivity index (χ4v) is 2.15. The van der Waals surface area contributed by atoms with Gasteiger partial charge in [-0.2, -0.15) is 0 Å². The second-order valence-corrected chi connectivity index (χ2v) is 5.35. The first-order valence-electron chi connectivity index (χ1n) is 6.88. The molecule has 0 saturated heterocycles. The Bertz CT molecular complexity index is 558. The number of aryl methyl sites for hydroxylation is 1. The molecule has 0 spiro atoms. The van der Waals surface area contributed by atoms with Gasteiger partial charge in [-0.05, 0) is 38.3 Å². The summed E-state index contributed by atoms with van der Waals surface area (Å²) in [5.74, 6) is 2.50. The van der Waals surface area contributed by atoms with Crippen molar-refractivity contribution in [1.29, 1.82) is 0 Å². The molecule has 3 nitrogen and oxygen atoms in total. The lowest BCUT2D eigenvalue weighted by Gasteiger charge is -2.15. The van der Waals surface area contributed by atoms with Gasteiger partial charge in [-0.15, -0.1) is 0 Å². The SMILES string of the molecule is Cc1ccc(C(C)Nc2ccnc(C3CC3)n2)cc1. The zero-order chi connectivity index (χ0) is 13.2. The molecule has 3 rings (SSSR count). The minimum absolute atomic E-state index is 0.252. The van der Waals surface area contributed by atoms with Gasteiger partial charge >= 0.3 is 0 Å². The molecule has 2 aromatic rings. The van der Waals surface area contributed by atoms with Crippen LogP contribution in [0.25, 0.3) is 0 Å². The Morgan fingerprint density at radius 1 is 1.16 bits per heavy atom. The summed E-state index contributed by atoms with van der Waals surface area (Å²) in [6.07, 6.45) is 4.32. The average molecular weight is 253 g/mol. The number of aromatic nitrogens is 2. The van der Waals surface area contributed by atoms with Crippen molar-refractivity contribution in [3.05, 3.63) is 53.5 Å². The van der Waals surface area contributed by atoms with Crippen LogP contribution in [0.1, 0.15) is 48.7 Å². The van der Waals surface area contributed by atoms with E-state index in [0.717, 1.165) is 11.6 Å². The van der Waals surface area contributed by atoms with Crippen molar-refractivity contribution in [3.8, 4) is 0 Å². The third kappa shape index (κ3) is 2.92. The second-order valence-electron chi connectivity index (χ2n) is 5.35. The number of hydrogen-bond acceptors (Lipinski definition) is 3. The van der Waals surface area contributed by atoms with E-state index in [1.165, 1.54) is 24.0 Å². The molecule has 1 aromatic carbocycles. The monoisotopic (exact) mass is 253 g/mol. The van der Waals surface area contributed by atoms with Gasteiger partial charge in [-0.3, -0.25) is 0 Å². The van der Waals surface area contributed by atoms with E-state index in [9.17, 15) is 0 Å². The predicted octanol–water partition coefficient (Wildman–Crippen LogP) is 3.84. The molecule has 1 saturated carbocycles. The Hall–Kier alpha value is -1.90. The molecule has 0 amide bonds. The molecule has 1 atom stereocenters. The highest BCUT2D eigenvalue weighted by atomic mass is 15.0. The van der Waals surface area contributed by atoms with E-state index in [-0.39, 0.29) is 6.04 Å². The van der Waals surface area contributed by atoms with E-state index in [1.54, 1.807) is 0 Å². The molecule has 1 fully saturated rings. The van der Waals surface area contributed by atoms with Gasteiger partial charge < -0.3 is 5.32 Å². The van der Waals surface area contributed by atoms with Crippen LogP contribution in [-0.4, -0.2) is 9.97 Å². The zero-order valence-corrected chi connectivity index (χ0v) is 11.4. The maximum absolute atomic E-state index is 4.60. The highest BCUT2D eigenvalue weighted by molar-refractivity contribution is 5.38. The summed E-state index contributed by atoms with van der Waals surface area (Å²) in [7, 11) is 0. The first-order valence-corrected chi connectivity index (χ1v) is 6.88. The van der Waals surface area contributed by atoms with Crippen molar-refractivity contribution in [2.45, 2.75) is 38.6 Å². The predicted molar refractivity (Wildman–Crippen MR) is 77.2 cm³/mol. The van der Waals surface area contributed by atoms with Crippen LogP contribution in [0.4, 0.5) is 5.82 Å². The second kappa shape index (κ2) is 5.00. The van der Waals surface area contributed by atoms with Crippen LogP contribution in [0, 0.1) is 6.92 Å². The van der Waals surface area contributed by atoms with Crippen molar-refractivity contribution in [2.24, 2.45) is 0 Å². The van der Waals surface area contributed by atoms with E-state index in [0.29, 0.717) is 5.92 Å². The molecule has 0 aliphatic heterocycles. The number of anilines is 1. The van der Waals surface area contributed by atoms with Gasteiger partial charge in [0, 0.05) is 18.2 Å². The van der Waals surface area contributed by atoms with Crippen molar-refractivity contribution in [2.75, 3.05) is 5.32 Å². The lowest BCUT2D eigenvalue weighted by Crippen LogP contribution is -2.09. The van der Waals surface area contributed by atoms with Gasteiger partial charge in [-0.25, -0.2) is 9.97 Å². The molecule has 1 heterocycles. The molecule has 1 aromatic heterocycles. The lowest BCUT2D eigenvalue weighted by atomic mass is 10.1. The summed E-state index contributed by atoms with van der Waals surface area (Å²) < 4.78 is 0. The van der Waals surface area contributed by atoms with Gasteiger partial charge in [0.1, 0.15) is 11.6 Å². The average Bonchev–Trinajstić information content (AvgIpc) is 3.24. The van der Waals surface area contributed by atoms with Crippen LogP contribution in [0.15, 0.2) is 36.5 Å². The Balaban J connectivity index is 1.73. The largest absolute Gasteiger partial charge is 0.363 e. The van der Waals surface area contributed by atoms with Crippen molar-refractivity contribution >= 4 is 5.82 Å². The van der Waals surface area contributed by atoms with Crippen molar-refractivity contribution in [3.63, 3.8) is 0 Å². The highest BCUT2D eigenvalue weighted by Gasteiger charge is 2.26. The summed E-state index contributed by atoms with van der Waals surface area (Å²) >= 11 is 0. The molecular formula is C16H19N3. The molecule has 0 radical (unpaired) electrons. The summed E-state index contributed by atoms with van der Waals surface area (Å²) in [6, 6.07) is 10.8. The number of nitrogens with one attached hydrogen (secondary N) is 1. The molecule has 1 unspecified atom stereocenters. The van der Waals surface area contributed by atoms with E-state index in [1.807, 2.05) is 12.3 Å². The van der Waals surface area contributed by atoms with Crippen LogP contribution in [0.2, 0.25) is 0 Å². The summed E-state index contributed by atoms with van der Waals surface area (Å²) in [4.78, 5) is 8.94. The highest BCUT2D eigenvalue weighted by Crippen LogP contribution is 2.38. The molecule has 1 aliphatic carbocycles. The van der Waals surface area contributed by atoms with Crippen molar-refractivity contribution < 1.29 is 0 Å². The fraction of sp³-hybridized carbons (Fsp3) is 0.375. The Morgan fingerprint density at radius 3 is 2.58 bits per heavy atom. The summed E-state index contributed by atoms with van der Waals surface area (Å²) in [6.45, 7) is 4.26. The maximum Gasteiger partial charge on any atom is 0.133 e. The van der Waals surface area contributed by atoms with Gasteiger partial charge in [0.25, 0.3) is 0 Å². The molecule has 3 heteroatoms. The minimum Gasteiger partial charge on any atom is -0.363 e. The molecule has 0 bridgehead atoms. The standard InChI is InChI=1S/C16H19N3/c1-11-3-5-13(6-4-11)12(2)18-15-9-10-17-16(19-15)14-7-8-14/h3-6,9-10,12,14H,7-8H2,1-2H3,(H,17,18,19). The van der Waals surface area contributed by atoms with Gasteiger partial charge in [0.05, 0.1) is 0 Å². The number of hydrogen-bond donors (Lipinski definition) is 1. The van der Waals surface area contributed by atoms with Gasteiger partial charge in [0.2, 0.25) is 0 Å².